The molecule has 2 N–H and O–H groups in total. The van der Waals surface area contributed by atoms with Crippen molar-refractivity contribution >= 4 is 11.4 Å². The molecule has 0 radical (unpaired) electrons. The number of hydrogen-bond donors (Lipinski definition) is 2. The van der Waals surface area contributed by atoms with Crippen molar-refractivity contribution in [2.75, 3.05) is 5.32 Å². The summed E-state index contributed by atoms with van der Waals surface area (Å²) < 4.78 is 26.5. The molecule has 0 spiro atoms. The molecule has 0 unspecified atom stereocenters. The Morgan fingerprint density at radius 3 is 2.72 bits per heavy atom. The molecule has 0 saturated carbocycles. The number of hydrogen-bond acceptors (Lipinski definition) is 3. The summed E-state index contributed by atoms with van der Waals surface area (Å²) in [4.78, 5) is 12.7. The maximum absolute atomic E-state index is 13.5. The largest absolute Gasteiger partial charge is 0.373 e. The van der Waals surface area contributed by atoms with Crippen LogP contribution in [0.25, 0.3) is 0 Å². The quantitative estimate of drug-likeness (QED) is 0.650. The van der Waals surface area contributed by atoms with E-state index in [0.29, 0.717) is 0 Å². The molecule has 0 aliphatic carbocycles. The number of nitrogens with zero attached hydrogens (tertiary/aromatic N) is 1. The van der Waals surface area contributed by atoms with Crippen molar-refractivity contribution in [2.45, 2.75) is 6.54 Å². The van der Waals surface area contributed by atoms with Crippen LogP contribution < -0.4 is 5.32 Å². The lowest BCUT2D eigenvalue weighted by molar-refractivity contribution is -0.384. The highest BCUT2D eigenvalue weighted by Crippen LogP contribution is 2.29. The summed E-state index contributed by atoms with van der Waals surface area (Å²) in [5.74, 6) is -2.38. The molecule has 0 saturated heterocycles. The van der Waals surface area contributed by atoms with Crippen molar-refractivity contribution < 1.29 is 13.7 Å². The van der Waals surface area contributed by atoms with E-state index >= 15 is 0 Å². The normalized spacial score (nSPS) is 10.3. The van der Waals surface area contributed by atoms with Gasteiger partial charge in [0, 0.05) is 25.0 Å². The third-order valence-electron chi connectivity index (χ3n) is 2.40. The fourth-order valence-corrected chi connectivity index (χ4v) is 1.52. The number of anilines is 1. The van der Waals surface area contributed by atoms with Gasteiger partial charge in [-0.15, -0.1) is 0 Å². The molecular formula is C11H9F2N3O2. The number of nitro benzene ring substituents is 1. The second-order valence-corrected chi connectivity index (χ2v) is 3.59. The summed E-state index contributed by atoms with van der Waals surface area (Å²) in [6, 6.07) is 3.38. The first-order valence-corrected chi connectivity index (χ1v) is 5.07. The van der Waals surface area contributed by atoms with Crippen LogP contribution in [0.3, 0.4) is 0 Å². The summed E-state index contributed by atoms with van der Waals surface area (Å²) in [7, 11) is 0. The van der Waals surface area contributed by atoms with E-state index < -0.39 is 27.9 Å². The van der Waals surface area contributed by atoms with Crippen LogP contribution in [0.1, 0.15) is 5.56 Å². The lowest BCUT2D eigenvalue weighted by Gasteiger charge is -2.07. The lowest BCUT2D eigenvalue weighted by Crippen LogP contribution is -2.05. The van der Waals surface area contributed by atoms with Gasteiger partial charge in [0.15, 0.2) is 17.3 Å². The summed E-state index contributed by atoms with van der Waals surface area (Å²) in [5.41, 5.74) is -0.168. The number of rotatable bonds is 4. The van der Waals surface area contributed by atoms with E-state index in [2.05, 4.69) is 10.3 Å². The Hall–Kier alpha value is -2.44. The molecule has 0 aliphatic rings. The molecule has 0 amide bonds. The summed E-state index contributed by atoms with van der Waals surface area (Å²) >= 11 is 0. The van der Waals surface area contributed by atoms with Gasteiger partial charge in [-0.25, -0.2) is 8.78 Å². The standard InChI is InChI=1S/C11H9F2N3O2/c12-8-1-2-9(16(17)18)11(10(8)13)15-6-7-3-4-14-5-7/h1-5,14-15H,6H2. The zero-order valence-corrected chi connectivity index (χ0v) is 9.11. The maximum atomic E-state index is 13.5. The van der Waals surface area contributed by atoms with Crippen LogP contribution in [0.4, 0.5) is 20.2 Å². The fraction of sp³-hybridized carbons (Fsp3) is 0.0909. The van der Waals surface area contributed by atoms with E-state index in [4.69, 9.17) is 0 Å². The molecule has 2 aromatic rings. The zero-order chi connectivity index (χ0) is 13.1. The first kappa shape index (κ1) is 12.0. The molecule has 5 nitrogen and oxygen atoms in total. The van der Waals surface area contributed by atoms with Crippen LogP contribution in [0.15, 0.2) is 30.6 Å². The van der Waals surface area contributed by atoms with Gasteiger partial charge in [-0.3, -0.25) is 10.1 Å². The minimum Gasteiger partial charge on any atom is -0.373 e. The van der Waals surface area contributed by atoms with E-state index in [0.717, 1.165) is 17.7 Å². The van der Waals surface area contributed by atoms with E-state index in [1.165, 1.54) is 0 Å². The Morgan fingerprint density at radius 2 is 2.11 bits per heavy atom. The minimum atomic E-state index is -1.25. The SMILES string of the molecule is O=[N+]([O-])c1ccc(F)c(F)c1NCc1cc[nH]c1. The fourth-order valence-electron chi connectivity index (χ4n) is 1.52. The first-order valence-electron chi connectivity index (χ1n) is 5.07. The van der Waals surface area contributed by atoms with E-state index in [-0.39, 0.29) is 6.54 Å². The van der Waals surface area contributed by atoms with E-state index in [1.807, 2.05) is 0 Å². The number of aromatic nitrogens is 1. The Bertz CT molecular complexity index is 570. The Balaban J connectivity index is 2.30. The van der Waals surface area contributed by atoms with Crippen molar-refractivity contribution in [3.8, 4) is 0 Å². The summed E-state index contributed by atoms with van der Waals surface area (Å²) in [5, 5.41) is 13.2. The van der Waals surface area contributed by atoms with E-state index in [1.54, 1.807) is 18.5 Å². The molecule has 1 heterocycles. The van der Waals surface area contributed by atoms with E-state index in [9.17, 15) is 18.9 Å². The third kappa shape index (κ3) is 2.29. The van der Waals surface area contributed by atoms with Crippen molar-refractivity contribution in [3.05, 3.63) is 57.9 Å². The zero-order valence-electron chi connectivity index (χ0n) is 9.11. The van der Waals surface area contributed by atoms with Gasteiger partial charge >= 0.3 is 0 Å². The van der Waals surface area contributed by atoms with Crippen LogP contribution in [-0.2, 0) is 6.54 Å². The van der Waals surface area contributed by atoms with Crippen molar-refractivity contribution in [1.29, 1.82) is 0 Å². The topological polar surface area (TPSA) is 71.0 Å². The second kappa shape index (κ2) is 4.82. The highest BCUT2D eigenvalue weighted by molar-refractivity contribution is 5.62. The van der Waals surface area contributed by atoms with Crippen molar-refractivity contribution in [1.82, 2.24) is 4.98 Å². The van der Waals surface area contributed by atoms with Gasteiger partial charge in [0.25, 0.3) is 5.69 Å². The molecule has 0 atom stereocenters. The molecule has 1 aromatic heterocycles. The summed E-state index contributed by atoms with van der Waals surface area (Å²) in [6.45, 7) is 0.157. The third-order valence-corrected chi connectivity index (χ3v) is 2.40. The number of H-pyrrole nitrogens is 1. The molecular weight excluding hydrogens is 244 g/mol. The van der Waals surface area contributed by atoms with Crippen LogP contribution in [0, 0.1) is 21.7 Å². The number of nitrogens with one attached hydrogen (secondary N) is 2. The Kier molecular flexibility index (Phi) is 3.22. The van der Waals surface area contributed by atoms with Gasteiger partial charge in [-0.05, 0) is 17.7 Å². The summed E-state index contributed by atoms with van der Waals surface area (Å²) in [6.07, 6.45) is 3.31. The lowest BCUT2D eigenvalue weighted by atomic mass is 10.2. The predicted molar refractivity (Wildman–Crippen MR) is 61.1 cm³/mol. The van der Waals surface area contributed by atoms with Gasteiger partial charge in [0.2, 0.25) is 0 Å². The highest BCUT2D eigenvalue weighted by Gasteiger charge is 2.21. The highest BCUT2D eigenvalue weighted by atomic mass is 19.2. The van der Waals surface area contributed by atoms with Gasteiger partial charge in [0.1, 0.15) is 0 Å². The molecule has 2 rings (SSSR count). The Labute approximate surface area is 101 Å². The number of aromatic amines is 1. The molecule has 94 valence electrons. The number of nitro groups is 1. The van der Waals surface area contributed by atoms with Crippen LogP contribution in [0.5, 0.6) is 0 Å². The molecule has 18 heavy (non-hydrogen) atoms. The Morgan fingerprint density at radius 1 is 1.33 bits per heavy atom. The molecule has 1 aromatic carbocycles. The number of benzene rings is 1. The molecule has 0 bridgehead atoms. The van der Waals surface area contributed by atoms with Gasteiger partial charge < -0.3 is 10.3 Å². The number of halogens is 2. The van der Waals surface area contributed by atoms with Gasteiger partial charge in [-0.1, -0.05) is 0 Å². The van der Waals surface area contributed by atoms with Crippen LogP contribution in [0.2, 0.25) is 0 Å². The average Bonchev–Trinajstić information content (AvgIpc) is 2.83. The molecule has 0 aliphatic heterocycles. The smallest absolute Gasteiger partial charge is 0.295 e. The monoisotopic (exact) mass is 253 g/mol. The second-order valence-electron chi connectivity index (χ2n) is 3.59. The van der Waals surface area contributed by atoms with Gasteiger partial charge in [0.05, 0.1) is 4.92 Å². The van der Waals surface area contributed by atoms with Crippen LogP contribution >= 0.6 is 0 Å². The van der Waals surface area contributed by atoms with Gasteiger partial charge in [-0.2, -0.15) is 0 Å². The minimum absolute atomic E-state index is 0.157. The molecule has 0 fully saturated rings. The predicted octanol–water partition coefficient (Wildman–Crippen LogP) is 2.81. The van der Waals surface area contributed by atoms with Crippen molar-refractivity contribution in [2.24, 2.45) is 0 Å². The first-order chi connectivity index (χ1) is 8.59. The van der Waals surface area contributed by atoms with Crippen LogP contribution in [-0.4, -0.2) is 9.91 Å². The average molecular weight is 253 g/mol. The van der Waals surface area contributed by atoms with Crippen molar-refractivity contribution in [3.63, 3.8) is 0 Å². The molecule has 7 heteroatoms. The maximum Gasteiger partial charge on any atom is 0.295 e.